The summed E-state index contributed by atoms with van der Waals surface area (Å²) in [5.74, 6) is -1.98. The van der Waals surface area contributed by atoms with Crippen LogP contribution in [0.1, 0.15) is 12.5 Å². The van der Waals surface area contributed by atoms with Crippen molar-refractivity contribution >= 4 is 17.7 Å². The van der Waals surface area contributed by atoms with Crippen molar-refractivity contribution in [3.63, 3.8) is 0 Å². The first-order chi connectivity index (χ1) is 15.3. The van der Waals surface area contributed by atoms with Crippen LogP contribution in [0.3, 0.4) is 0 Å². The van der Waals surface area contributed by atoms with Gasteiger partial charge in [-0.25, -0.2) is 18.3 Å². The molecule has 0 unspecified atom stereocenters. The molecule has 0 aliphatic carbocycles. The van der Waals surface area contributed by atoms with E-state index in [0.717, 1.165) is 22.9 Å². The van der Waals surface area contributed by atoms with Crippen LogP contribution < -0.4 is 10.9 Å². The number of anilines is 1. The number of carbonyl (C=O) groups is 2. The number of nitrogens with zero attached hydrogens (tertiary/aromatic N) is 2. The Morgan fingerprint density at radius 2 is 1.72 bits per heavy atom. The highest BCUT2D eigenvalue weighted by atomic mass is 19.1. The molecule has 1 amide bonds. The van der Waals surface area contributed by atoms with Gasteiger partial charge >= 0.3 is 12.1 Å². The van der Waals surface area contributed by atoms with Crippen molar-refractivity contribution in [1.29, 1.82) is 0 Å². The number of nitrogens with one attached hydrogen (secondary N) is 1. The molecule has 1 aromatic heterocycles. The molecule has 166 valence electrons. The third kappa shape index (κ3) is 6.46. The van der Waals surface area contributed by atoms with Crippen LogP contribution in [0.4, 0.5) is 19.3 Å². The highest BCUT2D eigenvalue weighted by Crippen LogP contribution is 2.19. The van der Waals surface area contributed by atoms with Crippen molar-refractivity contribution in [2.75, 3.05) is 18.5 Å². The summed E-state index contributed by atoms with van der Waals surface area (Å²) in [6, 6.07) is 12.3. The smallest absolute Gasteiger partial charge is 0.411 e. The Kier molecular flexibility index (Phi) is 7.27. The zero-order valence-electron chi connectivity index (χ0n) is 17.0. The Balaban J connectivity index is 1.70. The number of amides is 1. The molecule has 3 rings (SSSR count). The molecule has 8 nitrogen and oxygen atoms in total. The maximum Gasteiger partial charge on any atom is 0.411 e. The molecule has 0 fully saturated rings. The fourth-order valence-electron chi connectivity index (χ4n) is 2.81. The zero-order valence-corrected chi connectivity index (χ0v) is 17.0. The van der Waals surface area contributed by atoms with Crippen LogP contribution in [-0.4, -0.2) is 35.1 Å². The monoisotopic (exact) mass is 443 g/mol. The first-order valence-electron chi connectivity index (χ1n) is 9.51. The SMILES string of the molecule is CC(=O)OCCOC(=O)Nc1cccc(Cn2nc(-c3cc(F)cc(F)c3)ccc2=O)c1. The molecule has 1 heterocycles. The molecule has 2 aromatic carbocycles. The lowest BCUT2D eigenvalue weighted by atomic mass is 10.1. The number of ether oxygens (including phenoxy) is 2. The molecule has 0 spiro atoms. The fourth-order valence-corrected chi connectivity index (χ4v) is 2.81. The minimum Gasteiger partial charge on any atom is -0.462 e. The minimum absolute atomic E-state index is 0.0526. The zero-order chi connectivity index (χ0) is 23.1. The molecule has 0 bridgehead atoms. The number of carbonyl (C=O) groups excluding carboxylic acids is 2. The number of benzene rings is 2. The number of esters is 1. The van der Waals surface area contributed by atoms with Gasteiger partial charge in [-0.05, 0) is 35.9 Å². The number of aromatic nitrogens is 2. The lowest BCUT2D eigenvalue weighted by Crippen LogP contribution is -2.23. The summed E-state index contributed by atoms with van der Waals surface area (Å²) in [5, 5.41) is 6.72. The first kappa shape index (κ1) is 22.6. The van der Waals surface area contributed by atoms with E-state index in [4.69, 9.17) is 4.74 Å². The summed E-state index contributed by atoms with van der Waals surface area (Å²) in [4.78, 5) is 34.7. The number of halogens is 2. The summed E-state index contributed by atoms with van der Waals surface area (Å²) in [7, 11) is 0. The Bertz CT molecular complexity index is 1180. The van der Waals surface area contributed by atoms with Crippen LogP contribution in [0.2, 0.25) is 0 Å². The largest absolute Gasteiger partial charge is 0.462 e. The van der Waals surface area contributed by atoms with Gasteiger partial charge in [0.25, 0.3) is 5.56 Å². The van der Waals surface area contributed by atoms with E-state index in [1.807, 2.05) is 0 Å². The summed E-state index contributed by atoms with van der Waals surface area (Å²) in [6.45, 7) is 1.15. The van der Waals surface area contributed by atoms with Gasteiger partial charge in [0, 0.05) is 30.3 Å². The van der Waals surface area contributed by atoms with Crippen LogP contribution in [0.5, 0.6) is 0 Å². The highest BCUT2D eigenvalue weighted by molar-refractivity contribution is 5.84. The lowest BCUT2D eigenvalue weighted by molar-refractivity contribution is -0.141. The predicted molar refractivity (Wildman–Crippen MR) is 111 cm³/mol. The van der Waals surface area contributed by atoms with Crippen molar-refractivity contribution in [2.45, 2.75) is 13.5 Å². The molecule has 10 heteroatoms. The molecular formula is C22H19F2N3O5. The summed E-state index contributed by atoms with van der Waals surface area (Å²) in [5.41, 5.74) is 1.07. The summed E-state index contributed by atoms with van der Waals surface area (Å²) >= 11 is 0. The van der Waals surface area contributed by atoms with Crippen molar-refractivity contribution in [1.82, 2.24) is 9.78 Å². The van der Waals surface area contributed by atoms with E-state index in [1.165, 1.54) is 19.1 Å². The van der Waals surface area contributed by atoms with Crippen molar-refractivity contribution < 1.29 is 27.8 Å². The molecule has 0 radical (unpaired) electrons. The third-order valence-corrected chi connectivity index (χ3v) is 4.15. The van der Waals surface area contributed by atoms with Crippen LogP contribution in [0.25, 0.3) is 11.3 Å². The number of hydrogen-bond acceptors (Lipinski definition) is 6. The van der Waals surface area contributed by atoms with Gasteiger partial charge in [-0.3, -0.25) is 14.9 Å². The van der Waals surface area contributed by atoms with Crippen LogP contribution in [-0.2, 0) is 20.8 Å². The quantitative estimate of drug-likeness (QED) is 0.444. The van der Waals surface area contributed by atoms with E-state index in [0.29, 0.717) is 11.3 Å². The molecule has 3 aromatic rings. The Morgan fingerprint density at radius 3 is 2.44 bits per heavy atom. The van der Waals surface area contributed by atoms with Crippen molar-refractivity contribution in [3.8, 4) is 11.3 Å². The molecule has 32 heavy (non-hydrogen) atoms. The molecule has 0 aliphatic heterocycles. The number of hydrogen-bond donors (Lipinski definition) is 1. The van der Waals surface area contributed by atoms with Crippen molar-refractivity contribution in [2.24, 2.45) is 0 Å². The lowest BCUT2D eigenvalue weighted by Gasteiger charge is -2.10. The van der Waals surface area contributed by atoms with Gasteiger partial charge in [0.1, 0.15) is 24.8 Å². The Labute approximate surface area is 181 Å². The van der Waals surface area contributed by atoms with Gasteiger partial charge in [-0.1, -0.05) is 12.1 Å². The summed E-state index contributed by atoms with van der Waals surface area (Å²) < 4.78 is 37.8. The molecule has 0 atom stereocenters. The fraction of sp³-hybridized carbons (Fsp3) is 0.182. The average molecular weight is 443 g/mol. The first-order valence-corrected chi connectivity index (χ1v) is 9.51. The van der Waals surface area contributed by atoms with Crippen molar-refractivity contribution in [3.05, 3.63) is 82.1 Å². The standard InChI is InChI=1S/C22H19F2N3O5/c1-14(28)31-7-8-32-22(30)25-19-4-2-3-15(9-19)13-27-21(29)6-5-20(26-27)16-10-17(23)12-18(24)11-16/h2-6,9-12H,7-8,13H2,1H3,(H,25,30). The maximum atomic E-state index is 13.5. The van der Waals surface area contributed by atoms with E-state index < -0.39 is 29.3 Å². The molecule has 0 aliphatic rings. The minimum atomic E-state index is -0.752. The second-order valence-corrected chi connectivity index (χ2v) is 6.67. The summed E-state index contributed by atoms with van der Waals surface area (Å²) in [6.07, 6.45) is -0.736. The van der Waals surface area contributed by atoms with E-state index in [1.54, 1.807) is 24.3 Å². The maximum absolute atomic E-state index is 13.5. The Hall–Kier alpha value is -4.08. The van der Waals surface area contributed by atoms with Gasteiger partial charge in [-0.2, -0.15) is 5.10 Å². The van der Waals surface area contributed by atoms with E-state index in [-0.39, 0.29) is 31.0 Å². The second-order valence-electron chi connectivity index (χ2n) is 6.67. The van der Waals surface area contributed by atoms with Gasteiger partial charge in [0.15, 0.2) is 0 Å². The predicted octanol–water partition coefficient (Wildman–Crippen LogP) is 3.35. The molecule has 0 saturated carbocycles. The van der Waals surface area contributed by atoms with Gasteiger partial charge in [0.2, 0.25) is 0 Å². The third-order valence-electron chi connectivity index (χ3n) is 4.15. The van der Waals surface area contributed by atoms with E-state index >= 15 is 0 Å². The normalized spacial score (nSPS) is 10.5. The molecule has 1 N–H and O–H groups in total. The van der Waals surface area contributed by atoms with E-state index in [2.05, 4.69) is 15.2 Å². The van der Waals surface area contributed by atoms with Crippen LogP contribution in [0.15, 0.2) is 59.4 Å². The molecular weight excluding hydrogens is 424 g/mol. The average Bonchev–Trinajstić information content (AvgIpc) is 2.72. The van der Waals surface area contributed by atoms with Crippen LogP contribution in [0, 0.1) is 11.6 Å². The van der Waals surface area contributed by atoms with Gasteiger partial charge in [-0.15, -0.1) is 0 Å². The Morgan fingerprint density at radius 1 is 1.00 bits per heavy atom. The highest BCUT2D eigenvalue weighted by Gasteiger charge is 2.09. The molecule has 0 saturated heterocycles. The van der Waals surface area contributed by atoms with Gasteiger partial charge in [0.05, 0.1) is 12.2 Å². The van der Waals surface area contributed by atoms with E-state index in [9.17, 15) is 23.2 Å². The second kappa shape index (κ2) is 10.3. The topological polar surface area (TPSA) is 99.5 Å². The number of rotatable bonds is 7. The van der Waals surface area contributed by atoms with Gasteiger partial charge < -0.3 is 9.47 Å². The van der Waals surface area contributed by atoms with Crippen LogP contribution >= 0.6 is 0 Å².